The summed E-state index contributed by atoms with van der Waals surface area (Å²) in [5, 5.41) is 0. The van der Waals surface area contributed by atoms with Crippen LogP contribution in [0.1, 0.15) is 33.1 Å². The molecule has 0 aliphatic carbocycles. The summed E-state index contributed by atoms with van der Waals surface area (Å²) in [5.74, 6) is 0.959. The van der Waals surface area contributed by atoms with Crippen molar-refractivity contribution in [2.45, 2.75) is 39.2 Å². The number of nitrogens with zero attached hydrogens (tertiary/aromatic N) is 1. The molecule has 0 aromatic rings. The second-order valence-corrected chi connectivity index (χ2v) is 4.10. The summed E-state index contributed by atoms with van der Waals surface area (Å²) in [6, 6.07) is 0.206. The zero-order chi connectivity index (χ0) is 9.84. The van der Waals surface area contributed by atoms with Gasteiger partial charge in [0.15, 0.2) is 0 Å². The van der Waals surface area contributed by atoms with Gasteiger partial charge in [-0.2, -0.15) is 0 Å². The van der Waals surface area contributed by atoms with Crippen LogP contribution in [0.15, 0.2) is 0 Å². The molecule has 0 spiro atoms. The average molecular weight is 184 g/mol. The van der Waals surface area contributed by atoms with E-state index in [1.807, 2.05) is 11.8 Å². The fourth-order valence-electron chi connectivity index (χ4n) is 1.74. The highest BCUT2D eigenvalue weighted by Gasteiger charge is 2.23. The summed E-state index contributed by atoms with van der Waals surface area (Å²) in [5.41, 5.74) is 5.56. The third kappa shape index (κ3) is 2.69. The van der Waals surface area contributed by atoms with E-state index in [9.17, 15) is 4.79 Å². The van der Waals surface area contributed by atoms with Crippen LogP contribution in [0, 0.1) is 5.92 Å². The Bertz CT molecular complexity index is 182. The number of amides is 1. The van der Waals surface area contributed by atoms with Crippen molar-refractivity contribution in [1.82, 2.24) is 4.90 Å². The van der Waals surface area contributed by atoms with E-state index in [1.54, 1.807) is 0 Å². The van der Waals surface area contributed by atoms with Gasteiger partial charge in [-0.3, -0.25) is 4.79 Å². The van der Waals surface area contributed by atoms with Crippen LogP contribution in [0.4, 0.5) is 0 Å². The minimum absolute atomic E-state index is 0.206. The molecule has 0 aromatic carbocycles. The maximum absolute atomic E-state index is 11.6. The lowest BCUT2D eigenvalue weighted by Crippen LogP contribution is -2.42. The van der Waals surface area contributed by atoms with Gasteiger partial charge in [-0.25, -0.2) is 0 Å². The third-order valence-electron chi connectivity index (χ3n) is 2.91. The van der Waals surface area contributed by atoms with E-state index in [0.29, 0.717) is 18.9 Å². The highest BCUT2D eigenvalue weighted by molar-refractivity contribution is 5.76. The number of hydrogen-bond donors (Lipinski definition) is 1. The van der Waals surface area contributed by atoms with Gasteiger partial charge in [-0.05, 0) is 25.7 Å². The summed E-state index contributed by atoms with van der Waals surface area (Å²) >= 11 is 0. The first-order chi connectivity index (χ1) is 6.15. The van der Waals surface area contributed by atoms with Crippen molar-refractivity contribution >= 4 is 5.91 Å². The standard InChI is InChI=1S/C10H20N2O/c1-8-3-4-10(13)12(6-5-8)9(2)7-11/h8-9H,3-7,11H2,1-2H3. The number of nitrogens with two attached hydrogens (primary N) is 1. The molecule has 2 N–H and O–H groups in total. The lowest BCUT2D eigenvalue weighted by Gasteiger charge is -2.26. The van der Waals surface area contributed by atoms with Gasteiger partial charge in [0.2, 0.25) is 5.91 Å². The third-order valence-corrected chi connectivity index (χ3v) is 2.91. The Kier molecular flexibility index (Phi) is 3.72. The molecule has 13 heavy (non-hydrogen) atoms. The monoisotopic (exact) mass is 184 g/mol. The zero-order valence-electron chi connectivity index (χ0n) is 8.62. The van der Waals surface area contributed by atoms with Crippen molar-refractivity contribution in [1.29, 1.82) is 0 Å². The molecule has 2 atom stereocenters. The van der Waals surface area contributed by atoms with Crippen LogP contribution in [0.5, 0.6) is 0 Å². The van der Waals surface area contributed by atoms with E-state index < -0.39 is 0 Å². The Hall–Kier alpha value is -0.570. The van der Waals surface area contributed by atoms with Crippen molar-refractivity contribution in [2.75, 3.05) is 13.1 Å². The van der Waals surface area contributed by atoms with Gasteiger partial charge in [0.25, 0.3) is 0 Å². The van der Waals surface area contributed by atoms with Crippen LogP contribution in [0.25, 0.3) is 0 Å². The van der Waals surface area contributed by atoms with Crippen LogP contribution in [-0.2, 0) is 4.79 Å². The second kappa shape index (κ2) is 4.61. The molecule has 1 aliphatic heterocycles. The van der Waals surface area contributed by atoms with Crippen LogP contribution in [0.3, 0.4) is 0 Å². The number of hydrogen-bond acceptors (Lipinski definition) is 2. The Morgan fingerprint density at radius 2 is 2.31 bits per heavy atom. The van der Waals surface area contributed by atoms with E-state index in [1.165, 1.54) is 0 Å². The van der Waals surface area contributed by atoms with E-state index in [2.05, 4.69) is 6.92 Å². The molecule has 1 amide bonds. The van der Waals surface area contributed by atoms with E-state index in [4.69, 9.17) is 5.73 Å². The molecule has 0 aromatic heterocycles. The quantitative estimate of drug-likeness (QED) is 0.695. The lowest BCUT2D eigenvalue weighted by molar-refractivity contribution is -0.132. The molecule has 1 aliphatic rings. The van der Waals surface area contributed by atoms with Crippen molar-refractivity contribution in [3.8, 4) is 0 Å². The smallest absolute Gasteiger partial charge is 0.222 e. The first-order valence-electron chi connectivity index (χ1n) is 5.14. The molecule has 0 saturated carbocycles. The van der Waals surface area contributed by atoms with Crippen LogP contribution >= 0.6 is 0 Å². The van der Waals surface area contributed by atoms with Gasteiger partial charge < -0.3 is 10.6 Å². The van der Waals surface area contributed by atoms with E-state index >= 15 is 0 Å². The summed E-state index contributed by atoms with van der Waals surface area (Å²) in [6.45, 7) is 5.69. The predicted molar refractivity (Wildman–Crippen MR) is 53.2 cm³/mol. The highest BCUT2D eigenvalue weighted by Crippen LogP contribution is 2.18. The molecular weight excluding hydrogens is 164 g/mol. The molecule has 0 radical (unpaired) electrons. The Balaban J connectivity index is 2.56. The molecule has 1 saturated heterocycles. The largest absolute Gasteiger partial charge is 0.339 e. The van der Waals surface area contributed by atoms with Gasteiger partial charge in [-0.15, -0.1) is 0 Å². The average Bonchev–Trinajstić information content (AvgIpc) is 2.28. The number of carbonyl (C=O) groups is 1. The highest BCUT2D eigenvalue weighted by atomic mass is 16.2. The SMILES string of the molecule is CC1CCC(=O)N(C(C)CN)CC1. The number of carbonyl (C=O) groups excluding carboxylic acids is 1. The van der Waals surface area contributed by atoms with Crippen LogP contribution < -0.4 is 5.73 Å². The van der Waals surface area contributed by atoms with E-state index in [0.717, 1.165) is 19.4 Å². The van der Waals surface area contributed by atoms with Crippen LogP contribution in [-0.4, -0.2) is 29.9 Å². The lowest BCUT2D eigenvalue weighted by atomic mass is 10.0. The molecule has 3 heteroatoms. The normalized spacial score (nSPS) is 27.2. The molecule has 1 fully saturated rings. The maximum atomic E-state index is 11.6. The maximum Gasteiger partial charge on any atom is 0.222 e. The van der Waals surface area contributed by atoms with Gasteiger partial charge in [-0.1, -0.05) is 6.92 Å². The van der Waals surface area contributed by atoms with Gasteiger partial charge >= 0.3 is 0 Å². The van der Waals surface area contributed by atoms with Crippen molar-refractivity contribution < 1.29 is 4.79 Å². The number of rotatable bonds is 2. The van der Waals surface area contributed by atoms with Crippen molar-refractivity contribution in [3.63, 3.8) is 0 Å². The molecule has 3 nitrogen and oxygen atoms in total. The Morgan fingerprint density at radius 1 is 1.62 bits per heavy atom. The van der Waals surface area contributed by atoms with Gasteiger partial charge in [0.05, 0.1) is 0 Å². The minimum Gasteiger partial charge on any atom is -0.339 e. The summed E-state index contributed by atoms with van der Waals surface area (Å²) < 4.78 is 0. The summed E-state index contributed by atoms with van der Waals surface area (Å²) in [6.07, 6.45) is 2.86. The second-order valence-electron chi connectivity index (χ2n) is 4.10. The Labute approximate surface area is 80.3 Å². The topological polar surface area (TPSA) is 46.3 Å². The number of likely N-dealkylation sites (tertiary alicyclic amines) is 1. The molecular formula is C10H20N2O. The first-order valence-corrected chi connectivity index (χ1v) is 5.14. The predicted octanol–water partition coefficient (Wildman–Crippen LogP) is 0.982. The van der Waals surface area contributed by atoms with Gasteiger partial charge in [0.1, 0.15) is 0 Å². The molecule has 1 rings (SSSR count). The fourth-order valence-corrected chi connectivity index (χ4v) is 1.74. The zero-order valence-corrected chi connectivity index (χ0v) is 8.62. The first kappa shape index (κ1) is 10.5. The van der Waals surface area contributed by atoms with Crippen LogP contribution in [0.2, 0.25) is 0 Å². The van der Waals surface area contributed by atoms with Crippen molar-refractivity contribution in [2.24, 2.45) is 11.7 Å². The van der Waals surface area contributed by atoms with Gasteiger partial charge in [0, 0.05) is 25.6 Å². The van der Waals surface area contributed by atoms with E-state index in [-0.39, 0.29) is 11.9 Å². The summed E-state index contributed by atoms with van der Waals surface area (Å²) in [7, 11) is 0. The fraction of sp³-hybridized carbons (Fsp3) is 0.900. The Morgan fingerprint density at radius 3 is 2.92 bits per heavy atom. The minimum atomic E-state index is 0.206. The molecule has 76 valence electrons. The van der Waals surface area contributed by atoms with Crippen molar-refractivity contribution in [3.05, 3.63) is 0 Å². The molecule has 1 heterocycles. The molecule has 0 bridgehead atoms. The molecule has 2 unspecified atom stereocenters. The summed E-state index contributed by atoms with van der Waals surface area (Å²) in [4.78, 5) is 13.6.